The van der Waals surface area contributed by atoms with Crippen molar-refractivity contribution < 1.29 is 4.79 Å². The summed E-state index contributed by atoms with van der Waals surface area (Å²) in [6, 6.07) is 9.04. The first-order valence-electron chi connectivity index (χ1n) is 5.83. The highest BCUT2D eigenvalue weighted by atomic mass is 35.5. The third-order valence-electron chi connectivity index (χ3n) is 2.80. The van der Waals surface area contributed by atoms with E-state index in [1.165, 1.54) is 0 Å². The Hall–Kier alpha value is -2.07. The molecule has 1 heterocycles. The summed E-state index contributed by atoms with van der Waals surface area (Å²) in [5.41, 5.74) is 7.41. The SMILES string of the molecule is CC(Nc1ccc(Cl)c(C(N)=O)c1)c1cccnc1. The number of hydrogen-bond acceptors (Lipinski definition) is 3. The zero-order chi connectivity index (χ0) is 13.8. The molecule has 0 saturated heterocycles. The van der Waals surface area contributed by atoms with Crippen LogP contribution < -0.4 is 11.1 Å². The molecular weight excluding hydrogens is 262 g/mol. The average molecular weight is 276 g/mol. The Morgan fingerprint density at radius 2 is 2.21 bits per heavy atom. The summed E-state index contributed by atoms with van der Waals surface area (Å²) in [5.74, 6) is -0.539. The summed E-state index contributed by atoms with van der Waals surface area (Å²) >= 11 is 5.91. The Labute approximate surface area is 116 Å². The smallest absolute Gasteiger partial charge is 0.250 e. The number of nitrogens with one attached hydrogen (secondary N) is 1. The van der Waals surface area contributed by atoms with Crippen LogP contribution in [0.2, 0.25) is 5.02 Å². The van der Waals surface area contributed by atoms with Crippen LogP contribution >= 0.6 is 11.6 Å². The van der Waals surface area contributed by atoms with E-state index in [-0.39, 0.29) is 6.04 Å². The van der Waals surface area contributed by atoms with Crippen molar-refractivity contribution in [2.24, 2.45) is 5.73 Å². The first kappa shape index (κ1) is 13.4. The van der Waals surface area contributed by atoms with E-state index in [2.05, 4.69) is 10.3 Å². The van der Waals surface area contributed by atoms with Crippen molar-refractivity contribution in [1.29, 1.82) is 0 Å². The molecule has 19 heavy (non-hydrogen) atoms. The van der Waals surface area contributed by atoms with Gasteiger partial charge >= 0.3 is 0 Å². The van der Waals surface area contributed by atoms with Crippen LogP contribution in [0, 0.1) is 0 Å². The van der Waals surface area contributed by atoms with Gasteiger partial charge in [0.25, 0.3) is 0 Å². The molecule has 0 aliphatic carbocycles. The molecule has 5 heteroatoms. The molecule has 4 nitrogen and oxygen atoms in total. The van der Waals surface area contributed by atoms with Gasteiger partial charge in [0.15, 0.2) is 0 Å². The summed E-state index contributed by atoms with van der Waals surface area (Å²) in [7, 11) is 0. The molecule has 3 N–H and O–H groups in total. The number of carbonyl (C=O) groups excluding carboxylic acids is 1. The molecule has 1 amide bonds. The molecule has 1 unspecified atom stereocenters. The van der Waals surface area contributed by atoms with Gasteiger partial charge in [0.1, 0.15) is 0 Å². The van der Waals surface area contributed by atoms with E-state index in [0.717, 1.165) is 11.3 Å². The second kappa shape index (κ2) is 5.71. The summed E-state index contributed by atoms with van der Waals surface area (Å²) < 4.78 is 0. The van der Waals surface area contributed by atoms with E-state index in [1.54, 1.807) is 24.5 Å². The summed E-state index contributed by atoms with van der Waals surface area (Å²) in [6.07, 6.45) is 3.52. The molecule has 1 atom stereocenters. The van der Waals surface area contributed by atoms with Crippen molar-refractivity contribution in [3.63, 3.8) is 0 Å². The van der Waals surface area contributed by atoms with Crippen LogP contribution in [0.3, 0.4) is 0 Å². The fourth-order valence-corrected chi connectivity index (χ4v) is 1.98. The van der Waals surface area contributed by atoms with E-state index >= 15 is 0 Å². The van der Waals surface area contributed by atoms with Gasteiger partial charge < -0.3 is 11.1 Å². The fourth-order valence-electron chi connectivity index (χ4n) is 1.77. The molecule has 98 valence electrons. The van der Waals surface area contributed by atoms with Crippen molar-refractivity contribution in [1.82, 2.24) is 4.98 Å². The number of anilines is 1. The average Bonchev–Trinajstić information content (AvgIpc) is 2.41. The molecule has 0 aliphatic heterocycles. The van der Waals surface area contributed by atoms with Crippen LogP contribution in [0.1, 0.15) is 28.9 Å². The molecule has 0 fully saturated rings. The van der Waals surface area contributed by atoms with E-state index in [0.29, 0.717) is 10.6 Å². The van der Waals surface area contributed by atoms with Crippen LogP contribution in [0.5, 0.6) is 0 Å². The van der Waals surface area contributed by atoms with Crippen molar-refractivity contribution >= 4 is 23.2 Å². The Morgan fingerprint density at radius 3 is 2.84 bits per heavy atom. The van der Waals surface area contributed by atoms with Gasteiger partial charge in [0.05, 0.1) is 16.6 Å². The number of benzene rings is 1. The highest BCUT2D eigenvalue weighted by molar-refractivity contribution is 6.33. The number of pyridine rings is 1. The minimum Gasteiger partial charge on any atom is -0.378 e. The predicted molar refractivity (Wildman–Crippen MR) is 76.2 cm³/mol. The van der Waals surface area contributed by atoms with Crippen LogP contribution in [0.25, 0.3) is 0 Å². The van der Waals surface area contributed by atoms with E-state index in [1.807, 2.05) is 25.1 Å². The molecular formula is C14H14ClN3O. The van der Waals surface area contributed by atoms with Gasteiger partial charge in [-0.15, -0.1) is 0 Å². The lowest BCUT2D eigenvalue weighted by Gasteiger charge is -2.16. The maximum Gasteiger partial charge on any atom is 0.250 e. The van der Waals surface area contributed by atoms with Gasteiger partial charge in [-0.05, 0) is 36.8 Å². The number of nitrogens with two attached hydrogens (primary N) is 1. The molecule has 0 saturated carbocycles. The molecule has 1 aromatic carbocycles. The summed E-state index contributed by atoms with van der Waals surface area (Å²) in [6.45, 7) is 2.01. The zero-order valence-corrected chi connectivity index (χ0v) is 11.2. The topological polar surface area (TPSA) is 68.0 Å². The van der Waals surface area contributed by atoms with E-state index in [9.17, 15) is 4.79 Å². The Balaban J connectivity index is 2.20. The fraction of sp³-hybridized carbons (Fsp3) is 0.143. The van der Waals surface area contributed by atoms with Crippen molar-refractivity contribution in [3.05, 3.63) is 58.9 Å². The minimum atomic E-state index is -0.539. The number of rotatable bonds is 4. The number of primary amides is 1. The number of halogens is 1. The third-order valence-corrected chi connectivity index (χ3v) is 3.13. The minimum absolute atomic E-state index is 0.0654. The monoisotopic (exact) mass is 275 g/mol. The van der Waals surface area contributed by atoms with Crippen LogP contribution in [0.4, 0.5) is 5.69 Å². The Bertz CT molecular complexity index is 586. The maximum absolute atomic E-state index is 11.2. The largest absolute Gasteiger partial charge is 0.378 e. The first-order valence-corrected chi connectivity index (χ1v) is 6.21. The van der Waals surface area contributed by atoms with Crippen molar-refractivity contribution in [3.8, 4) is 0 Å². The Kier molecular flexibility index (Phi) is 4.02. The molecule has 0 spiro atoms. The second-order valence-electron chi connectivity index (χ2n) is 4.21. The lowest BCUT2D eigenvalue weighted by molar-refractivity contribution is 0.100. The van der Waals surface area contributed by atoms with Gasteiger partial charge in [0, 0.05) is 18.1 Å². The molecule has 0 radical (unpaired) electrons. The first-order chi connectivity index (χ1) is 9.08. The molecule has 2 rings (SSSR count). The predicted octanol–water partition coefficient (Wildman–Crippen LogP) is 3.01. The van der Waals surface area contributed by atoms with Gasteiger partial charge in [-0.25, -0.2) is 0 Å². The number of nitrogens with zero attached hydrogens (tertiary/aromatic N) is 1. The molecule has 1 aromatic heterocycles. The third kappa shape index (κ3) is 3.23. The molecule has 2 aromatic rings. The second-order valence-corrected chi connectivity index (χ2v) is 4.62. The number of aromatic nitrogens is 1. The number of amides is 1. The maximum atomic E-state index is 11.2. The highest BCUT2D eigenvalue weighted by Gasteiger charge is 2.10. The molecule has 0 bridgehead atoms. The lowest BCUT2D eigenvalue weighted by atomic mass is 10.1. The van der Waals surface area contributed by atoms with Crippen molar-refractivity contribution in [2.75, 3.05) is 5.32 Å². The highest BCUT2D eigenvalue weighted by Crippen LogP contribution is 2.23. The van der Waals surface area contributed by atoms with Gasteiger partial charge in [-0.2, -0.15) is 0 Å². The zero-order valence-electron chi connectivity index (χ0n) is 10.4. The summed E-state index contributed by atoms with van der Waals surface area (Å²) in [5, 5.41) is 3.63. The van der Waals surface area contributed by atoms with Gasteiger partial charge in [-0.1, -0.05) is 17.7 Å². The van der Waals surface area contributed by atoms with E-state index in [4.69, 9.17) is 17.3 Å². The number of hydrogen-bond donors (Lipinski definition) is 2. The summed E-state index contributed by atoms with van der Waals surface area (Å²) in [4.78, 5) is 15.3. The van der Waals surface area contributed by atoms with Crippen LogP contribution in [-0.2, 0) is 0 Å². The van der Waals surface area contributed by atoms with E-state index < -0.39 is 5.91 Å². The Morgan fingerprint density at radius 1 is 1.42 bits per heavy atom. The molecule has 0 aliphatic rings. The lowest BCUT2D eigenvalue weighted by Crippen LogP contribution is -2.13. The quantitative estimate of drug-likeness (QED) is 0.901. The van der Waals surface area contributed by atoms with Crippen LogP contribution in [-0.4, -0.2) is 10.9 Å². The normalized spacial score (nSPS) is 11.9. The van der Waals surface area contributed by atoms with Crippen LogP contribution in [0.15, 0.2) is 42.7 Å². The van der Waals surface area contributed by atoms with Gasteiger partial charge in [0.2, 0.25) is 5.91 Å². The van der Waals surface area contributed by atoms with Gasteiger partial charge in [-0.3, -0.25) is 9.78 Å². The van der Waals surface area contributed by atoms with Crippen molar-refractivity contribution in [2.45, 2.75) is 13.0 Å². The number of carbonyl (C=O) groups is 1. The standard InChI is InChI=1S/C14H14ClN3O/c1-9(10-3-2-6-17-8-10)18-11-4-5-13(15)12(7-11)14(16)19/h2-9,18H,1H3,(H2,16,19).